The quantitative estimate of drug-likeness (QED) is 0.401. The summed E-state index contributed by atoms with van der Waals surface area (Å²) in [5, 5.41) is 24.0. The minimum absolute atomic E-state index is 0.0459. The molecule has 0 amide bonds. The van der Waals surface area contributed by atoms with Gasteiger partial charge >= 0.3 is 0 Å². The highest BCUT2D eigenvalue weighted by molar-refractivity contribution is 6.02. The molecule has 32 heavy (non-hydrogen) atoms. The van der Waals surface area contributed by atoms with Crippen LogP contribution in [-0.2, 0) is 0 Å². The van der Waals surface area contributed by atoms with Crippen molar-refractivity contribution >= 4 is 23.2 Å². The predicted molar refractivity (Wildman–Crippen MR) is 115 cm³/mol. The first kappa shape index (κ1) is 19.6. The highest BCUT2D eigenvalue weighted by Gasteiger charge is 2.22. The summed E-state index contributed by atoms with van der Waals surface area (Å²) < 4.78 is 10.7. The predicted octanol–water partition coefficient (Wildman–Crippen LogP) is 2.99. The van der Waals surface area contributed by atoms with Gasteiger partial charge in [-0.25, -0.2) is 4.98 Å². The minimum atomic E-state index is -0.417. The van der Waals surface area contributed by atoms with E-state index in [9.17, 15) is 9.90 Å². The highest BCUT2D eigenvalue weighted by atomic mass is 16.5. The molecule has 1 aliphatic heterocycles. The zero-order chi connectivity index (χ0) is 21.9. The largest absolute Gasteiger partial charge is 0.485 e. The second-order valence-electron chi connectivity index (χ2n) is 7.04. The van der Waals surface area contributed by atoms with E-state index in [1.807, 2.05) is 30.3 Å². The van der Waals surface area contributed by atoms with E-state index in [0.29, 0.717) is 34.3 Å². The SMILES string of the molecule is O=C1COc2cc(Nc3ncc(-c4nnco4)c(N[C@H](CO)c4ccccc4)n3)ccc21. The number of fused-ring (bicyclic) bond motifs is 1. The summed E-state index contributed by atoms with van der Waals surface area (Å²) >= 11 is 0. The highest BCUT2D eigenvalue weighted by Crippen LogP contribution is 2.31. The number of benzene rings is 2. The van der Waals surface area contributed by atoms with Crippen LogP contribution in [0.3, 0.4) is 0 Å². The normalized spacial score (nSPS) is 13.3. The number of carbonyl (C=O) groups excluding carboxylic acids is 1. The molecule has 2 aromatic heterocycles. The Balaban J connectivity index is 1.47. The zero-order valence-electron chi connectivity index (χ0n) is 16.7. The summed E-state index contributed by atoms with van der Waals surface area (Å²) in [5.74, 6) is 1.42. The van der Waals surface area contributed by atoms with Gasteiger partial charge in [0.25, 0.3) is 5.89 Å². The number of nitrogens with zero attached hydrogens (tertiary/aromatic N) is 4. The lowest BCUT2D eigenvalue weighted by Gasteiger charge is -2.19. The number of Topliss-reactive ketones (excluding diaryl/α,β-unsaturated/α-hetero) is 1. The Morgan fingerprint density at radius 3 is 2.78 bits per heavy atom. The number of rotatable bonds is 7. The topological polar surface area (TPSA) is 135 Å². The molecule has 3 heterocycles. The molecule has 0 bridgehead atoms. The van der Waals surface area contributed by atoms with Crippen molar-refractivity contribution in [1.29, 1.82) is 0 Å². The van der Waals surface area contributed by atoms with E-state index >= 15 is 0 Å². The smallest absolute Gasteiger partial charge is 0.252 e. The van der Waals surface area contributed by atoms with E-state index in [0.717, 1.165) is 5.56 Å². The van der Waals surface area contributed by atoms with Crippen LogP contribution in [0.4, 0.5) is 17.5 Å². The van der Waals surface area contributed by atoms with Gasteiger partial charge in [-0.3, -0.25) is 4.79 Å². The van der Waals surface area contributed by atoms with E-state index in [-0.39, 0.29) is 24.9 Å². The first-order valence-corrected chi connectivity index (χ1v) is 9.84. The molecule has 3 N–H and O–H groups in total. The third-order valence-corrected chi connectivity index (χ3v) is 4.97. The average Bonchev–Trinajstić information content (AvgIpc) is 3.48. The Bertz CT molecular complexity index is 1250. The molecule has 0 unspecified atom stereocenters. The molecule has 0 radical (unpaired) electrons. The van der Waals surface area contributed by atoms with Crippen LogP contribution in [0, 0.1) is 0 Å². The molecule has 160 valence electrons. The van der Waals surface area contributed by atoms with Crippen LogP contribution >= 0.6 is 0 Å². The molecule has 10 heteroatoms. The summed E-state index contributed by atoms with van der Waals surface area (Å²) in [5.41, 5.74) is 2.60. The van der Waals surface area contributed by atoms with Gasteiger partial charge in [0.05, 0.1) is 23.8 Å². The zero-order valence-corrected chi connectivity index (χ0v) is 16.7. The van der Waals surface area contributed by atoms with E-state index in [4.69, 9.17) is 9.15 Å². The van der Waals surface area contributed by atoms with Crippen molar-refractivity contribution in [2.45, 2.75) is 6.04 Å². The molecule has 1 aliphatic rings. The van der Waals surface area contributed by atoms with Gasteiger partial charge in [-0.1, -0.05) is 30.3 Å². The van der Waals surface area contributed by atoms with E-state index in [1.165, 1.54) is 6.39 Å². The van der Waals surface area contributed by atoms with Gasteiger partial charge in [-0.05, 0) is 17.7 Å². The summed E-state index contributed by atoms with van der Waals surface area (Å²) in [6.07, 6.45) is 2.77. The Morgan fingerprint density at radius 2 is 2.00 bits per heavy atom. The number of aliphatic hydroxyl groups excluding tert-OH is 1. The third-order valence-electron chi connectivity index (χ3n) is 4.97. The van der Waals surface area contributed by atoms with Gasteiger partial charge < -0.3 is 24.9 Å². The van der Waals surface area contributed by atoms with Gasteiger partial charge in [-0.2, -0.15) is 4.98 Å². The Labute approximate surface area is 182 Å². The summed E-state index contributed by atoms with van der Waals surface area (Å²) in [6, 6.07) is 14.3. The number of aromatic nitrogens is 4. The van der Waals surface area contributed by atoms with Crippen LogP contribution < -0.4 is 15.4 Å². The fourth-order valence-electron chi connectivity index (χ4n) is 3.38. The molecule has 2 aromatic carbocycles. The number of hydrogen-bond donors (Lipinski definition) is 3. The maximum absolute atomic E-state index is 11.8. The van der Waals surface area contributed by atoms with Gasteiger partial charge in [-0.15, -0.1) is 10.2 Å². The van der Waals surface area contributed by atoms with E-state index in [1.54, 1.807) is 24.4 Å². The molecule has 1 atom stereocenters. The van der Waals surface area contributed by atoms with Crippen LogP contribution in [-0.4, -0.2) is 44.3 Å². The molecule has 0 aliphatic carbocycles. The van der Waals surface area contributed by atoms with Crippen molar-refractivity contribution in [1.82, 2.24) is 20.2 Å². The van der Waals surface area contributed by atoms with E-state index in [2.05, 4.69) is 30.8 Å². The molecule has 0 saturated heterocycles. The summed E-state index contributed by atoms with van der Waals surface area (Å²) in [6.45, 7) is -0.111. The molecule has 10 nitrogen and oxygen atoms in total. The Hall–Kier alpha value is -4.31. The molecule has 0 fully saturated rings. The Kier molecular flexibility index (Phi) is 5.18. The van der Waals surface area contributed by atoms with Gasteiger partial charge in [0, 0.05) is 18.0 Å². The van der Waals surface area contributed by atoms with Crippen LogP contribution in [0.5, 0.6) is 5.75 Å². The lowest BCUT2D eigenvalue weighted by Crippen LogP contribution is -2.17. The molecule has 5 rings (SSSR count). The maximum Gasteiger partial charge on any atom is 0.252 e. The average molecular weight is 430 g/mol. The van der Waals surface area contributed by atoms with Gasteiger partial charge in [0.15, 0.2) is 6.61 Å². The van der Waals surface area contributed by atoms with Crippen molar-refractivity contribution in [2.24, 2.45) is 0 Å². The number of anilines is 3. The lowest BCUT2D eigenvalue weighted by molar-refractivity contribution is 0.0961. The Morgan fingerprint density at radius 1 is 1.12 bits per heavy atom. The summed E-state index contributed by atoms with van der Waals surface area (Å²) in [7, 11) is 0. The lowest BCUT2D eigenvalue weighted by atomic mass is 10.1. The molecule has 0 spiro atoms. The molecular formula is C22H18N6O4. The van der Waals surface area contributed by atoms with Gasteiger partial charge in [0.2, 0.25) is 18.1 Å². The minimum Gasteiger partial charge on any atom is -0.485 e. The molecular weight excluding hydrogens is 412 g/mol. The number of carbonyl (C=O) groups is 1. The number of aliphatic hydroxyl groups is 1. The van der Waals surface area contributed by atoms with Crippen LogP contribution in [0.2, 0.25) is 0 Å². The first-order chi connectivity index (χ1) is 15.7. The van der Waals surface area contributed by atoms with Crippen molar-refractivity contribution < 1.29 is 19.1 Å². The third kappa shape index (κ3) is 3.86. The maximum atomic E-state index is 11.8. The van der Waals surface area contributed by atoms with Crippen LogP contribution in [0.25, 0.3) is 11.5 Å². The number of nitrogens with one attached hydrogen (secondary N) is 2. The number of hydrogen-bond acceptors (Lipinski definition) is 10. The molecule has 4 aromatic rings. The number of ether oxygens (including phenoxy) is 1. The molecule has 0 saturated carbocycles. The fourth-order valence-corrected chi connectivity index (χ4v) is 3.38. The van der Waals surface area contributed by atoms with Gasteiger partial charge in [0.1, 0.15) is 11.6 Å². The monoisotopic (exact) mass is 430 g/mol. The van der Waals surface area contributed by atoms with Crippen molar-refractivity contribution in [3.63, 3.8) is 0 Å². The summed E-state index contributed by atoms with van der Waals surface area (Å²) in [4.78, 5) is 20.7. The van der Waals surface area contributed by atoms with Crippen molar-refractivity contribution in [2.75, 3.05) is 23.8 Å². The fraction of sp³-hybridized carbons (Fsp3) is 0.136. The van der Waals surface area contributed by atoms with Crippen molar-refractivity contribution in [3.8, 4) is 17.2 Å². The van der Waals surface area contributed by atoms with Crippen LogP contribution in [0.1, 0.15) is 22.0 Å². The first-order valence-electron chi connectivity index (χ1n) is 9.84. The van der Waals surface area contributed by atoms with E-state index < -0.39 is 6.04 Å². The van der Waals surface area contributed by atoms with Crippen molar-refractivity contribution in [3.05, 3.63) is 72.2 Å². The standard InChI is InChI=1S/C22H18N6O4/c29-10-17(13-4-2-1-3-5-13)26-20-16(21-28-24-12-32-21)9-23-22(27-20)25-14-6-7-15-18(30)11-31-19(15)8-14/h1-9,12,17,29H,10-11H2,(H2,23,25,26,27)/t17-/m1/s1. The van der Waals surface area contributed by atoms with Crippen LogP contribution in [0.15, 0.2) is 65.5 Å². The number of ketones is 1. The second kappa shape index (κ2) is 8.44. The second-order valence-corrected chi connectivity index (χ2v) is 7.04.